The summed E-state index contributed by atoms with van der Waals surface area (Å²) in [6.07, 6.45) is 5.60. The number of carboxylic acids is 2. The third-order valence-corrected chi connectivity index (χ3v) is 1.43. The minimum Gasteiger partial charge on any atom is -0.478 e. The molecule has 0 radical (unpaired) electrons. The van der Waals surface area contributed by atoms with Crippen LogP contribution in [0, 0.1) is 0 Å². The van der Waals surface area contributed by atoms with Crippen LogP contribution in [0.5, 0.6) is 0 Å². The van der Waals surface area contributed by atoms with E-state index in [9.17, 15) is 9.59 Å². The summed E-state index contributed by atoms with van der Waals surface area (Å²) in [4.78, 5) is 18.5. The van der Waals surface area contributed by atoms with Gasteiger partial charge < -0.3 is 25.2 Å². The molecule has 0 aliphatic carbocycles. The lowest BCUT2D eigenvalue weighted by molar-refractivity contribution is -0.132. The van der Waals surface area contributed by atoms with Crippen LogP contribution >= 0.6 is 0 Å². The zero-order valence-corrected chi connectivity index (χ0v) is 12.1. The van der Waals surface area contributed by atoms with Crippen LogP contribution in [-0.2, 0) is 14.3 Å². The van der Waals surface area contributed by atoms with Gasteiger partial charge in [-0.05, 0) is 19.3 Å². The van der Waals surface area contributed by atoms with Crippen molar-refractivity contribution in [3.8, 4) is 0 Å². The molecule has 20 heavy (non-hydrogen) atoms. The fourth-order valence-corrected chi connectivity index (χ4v) is 0.687. The summed E-state index contributed by atoms with van der Waals surface area (Å²) >= 11 is 0. The molecule has 4 N–H and O–H groups in total. The number of hydrogen-bond donors (Lipinski definition) is 4. The highest BCUT2D eigenvalue weighted by Gasteiger charge is 1.95. The van der Waals surface area contributed by atoms with Crippen molar-refractivity contribution in [1.29, 1.82) is 0 Å². The van der Waals surface area contributed by atoms with Gasteiger partial charge in [-0.2, -0.15) is 0 Å². The van der Waals surface area contributed by atoms with E-state index in [2.05, 4.69) is 13.2 Å². The summed E-state index contributed by atoms with van der Waals surface area (Å²) in [6, 6.07) is 0. The van der Waals surface area contributed by atoms with E-state index in [1.54, 1.807) is 0 Å². The van der Waals surface area contributed by atoms with Crippen molar-refractivity contribution < 1.29 is 34.8 Å². The Morgan fingerprint density at radius 1 is 0.850 bits per heavy atom. The molecule has 1 aliphatic rings. The van der Waals surface area contributed by atoms with Crippen LogP contribution in [0.3, 0.4) is 0 Å². The summed E-state index contributed by atoms with van der Waals surface area (Å²) in [5.74, 6) is -1.96. The molecule has 0 unspecified atom stereocenters. The van der Waals surface area contributed by atoms with E-state index in [0.717, 1.165) is 39.6 Å². The Kier molecular flexibility index (Phi) is 40.7. The molecule has 120 valence electrons. The van der Waals surface area contributed by atoms with Gasteiger partial charge in [-0.3, -0.25) is 0 Å². The topological polar surface area (TPSA) is 124 Å². The number of aliphatic hydroxyl groups is 2. The van der Waals surface area contributed by atoms with Crippen LogP contribution < -0.4 is 0 Å². The van der Waals surface area contributed by atoms with Crippen LogP contribution in [0.2, 0.25) is 0 Å². The minimum absolute atomic E-state index is 0.833. The second-order valence-electron chi connectivity index (χ2n) is 2.76. The predicted octanol–water partition coefficient (Wildman–Crippen LogP) is 0.918. The SMILES string of the molecule is C1CCOCC1.C=CC(=O)O.C=CC(=O)O.CO.CO. The number of carbonyl (C=O) groups is 2. The van der Waals surface area contributed by atoms with E-state index in [1.165, 1.54) is 19.3 Å². The minimum atomic E-state index is -0.981. The third kappa shape index (κ3) is 55.4. The Morgan fingerprint density at radius 3 is 1.15 bits per heavy atom. The zero-order chi connectivity index (χ0) is 16.8. The lowest BCUT2D eigenvalue weighted by Gasteiger charge is -2.08. The molecule has 0 bridgehead atoms. The average Bonchev–Trinajstić information content (AvgIpc) is 2.54. The molecule has 7 nitrogen and oxygen atoms in total. The summed E-state index contributed by atoms with van der Waals surface area (Å²) < 4.78 is 5.07. The van der Waals surface area contributed by atoms with Gasteiger partial charge in [0.15, 0.2) is 0 Å². The molecule has 0 atom stereocenters. The third-order valence-electron chi connectivity index (χ3n) is 1.43. The second kappa shape index (κ2) is 30.4. The Hall–Kier alpha value is -1.70. The second-order valence-corrected chi connectivity index (χ2v) is 2.76. The highest BCUT2D eigenvalue weighted by Crippen LogP contribution is 2.02. The van der Waals surface area contributed by atoms with Crippen molar-refractivity contribution in [3.63, 3.8) is 0 Å². The highest BCUT2D eigenvalue weighted by atomic mass is 16.5. The van der Waals surface area contributed by atoms with E-state index in [0.29, 0.717) is 0 Å². The quantitative estimate of drug-likeness (QED) is 0.558. The van der Waals surface area contributed by atoms with Crippen molar-refractivity contribution in [3.05, 3.63) is 25.3 Å². The standard InChI is InChI=1S/C5H10O.2C3H4O2.2CH4O/c1-2-4-6-5-3-1;2*1-2-3(4)5;2*1-2/h1-5H2;2*2H,1H2,(H,4,5);2*2H,1H3. The Balaban J connectivity index is -0.0000000858. The van der Waals surface area contributed by atoms with Gasteiger partial charge in [0.1, 0.15) is 0 Å². The van der Waals surface area contributed by atoms with Gasteiger partial charge >= 0.3 is 11.9 Å². The van der Waals surface area contributed by atoms with Crippen molar-refractivity contribution >= 4 is 11.9 Å². The maximum absolute atomic E-state index is 9.25. The van der Waals surface area contributed by atoms with E-state index in [4.69, 9.17) is 25.2 Å². The van der Waals surface area contributed by atoms with E-state index in [-0.39, 0.29) is 0 Å². The maximum atomic E-state index is 9.25. The van der Waals surface area contributed by atoms with Crippen LogP contribution in [0.1, 0.15) is 19.3 Å². The molecule has 7 heteroatoms. The van der Waals surface area contributed by atoms with Crippen molar-refractivity contribution in [2.45, 2.75) is 19.3 Å². The van der Waals surface area contributed by atoms with Gasteiger partial charge in [0.2, 0.25) is 0 Å². The smallest absolute Gasteiger partial charge is 0.327 e. The Morgan fingerprint density at radius 2 is 1.10 bits per heavy atom. The van der Waals surface area contributed by atoms with Gasteiger partial charge in [-0.15, -0.1) is 0 Å². The van der Waals surface area contributed by atoms with Crippen molar-refractivity contribution in [2.24, 2.45) is 0 Å². The maximum Gasteiger partial charge on any atom is 0.327 e. The highest BCUT2D eigenvalue weighted by molar-refractivity contribution is 5.79. The molecular weight excluding hydrogens is 268 g/mol. The molecular formula is C13H26O7. The first-order chi connectivity index (χ1) is 9.54. The number of ether oxygens (including phenoxy) is 1. The number of aliphatic carboxylic acids is 2. The summed E-state index contributed by atoms with van der Waals surface area (Å²) in [5.41, 5.74) is 0. The zero-order valence-electron chi connectivity index (χ0n) is 12.1. The van der Waals surface area contributed by atoms with E-state index in [1.807, 2.05) is 0 Å². The lowest BCUT2D eigenvalue weighted by Crippen LogP contribution is -2.03. The molecule has 0 aromatic heterocycles. The number of hydrogen-bond acceptors (Lipinski definition) is 5. The number of rotatable bonds is 2. The summed E-state index contributed by atoms with van der Waals surface area (Å²) in [5, 5.41) is 29.2. The van der Waals surface area contributed by atoms with Crippen LogP contribution in [0.25, 0.3) is 0 Å². The van der Waals surface area contributed by atoms with Crippen molar-refractivity contribution in [2.75, 3.05) is 27.4 Å². The normalized spacial score (nSPS) is 11.0. The summed E-state index contributed by atoms with van der Waals surface area (Å²) in [7, 11) is 2.00. The van der Waals surface area contributed by atoms with E-state index >= 15 is 0 Å². The largest absolute Gasteiger partial charge is 0.478 e. The van der Waals surface area contributed by atoms with Crippen LogP contribution in [0.4, 0.5) is 0 Å². The summed E-state index contributed by atoms with van der Waals surface area (Å²) in [6.45, 7) is 7.92. The van der Waals surface area contributed by atoms with Gasteiger partial charge in [0.05, 0.1) is 0 Å². The van der Waals surface area contributed by atoms with Gasteiger partial charge in [0.25, 0.3) is 0 Å². The van der Waals surface area contributed by atoms with Crippen LogP contribution in [0.15, 0.2) is 25.3 Å². The molecule has 1 fully saturated rings. The average molecular weight is 294 g/mol. The molecule has 1 rings (SSSR count). The molecule has 1 heterocycles. The molecule has 0 aromatic carbocycles. The fourth-order valence-electron chi connectivity index (χ4n) is 0.687. The van der Waals surface area contributed by atoms with Crippen molar-refractivity contribution in [1.82, 2.24) is 0 Å². The first-order valence-corrected chi connectivity index (χ1v) is 5.72. The van der Waals surface area contributed by atoms with Crippen LogP contribution in [-0.4, -0.2) is 59.8 Å². The first kappa shape index (κ1) is 26.8. The molecule has 0 aromatic rings. The molecule has 0 amide bonds. The monoisotopic (exact) mass is 294 g/mol. The lowest BCUT2D eigenvalue weighted by atomic mass is 10.2. The Labute approximate surface area is 119 Å². The van der Waals surface area contributed by atoms with Gasteiger partial charge in [0, 0.05) is 39.6 Å². The molecule has 0 spiro atoms. The molecule has 1 saturated heterocycles. The Bertz CT molecular complexity index is 193. The van der Waals surface area contributed by atoms with Gasteiger partial charge in [-0.1, -0.05) is 13.2 Å². The molecule has 1 aliphatic heterocycles. The fraction of sp³-hybridized carbons (Fsp3) is 0.538. The number of aliphatic hydroxyl groups excluding tert-OH is 2. The molecule has 0 saturated carbocycles. The van der Waals surface area contributed by atoms with Gasteiger partial charge in [-0.25, -0.2) is 9.59 Å². The number of carboxylic acid groups (broad SMARTS) is 2. The first-order valence-electron chi connectivity index (χ1n) is 5.72. The predicted molar refractivity (Wildman–Crippen MR) is 76.6 cm³/mol. The van der Waals surface area contributed by atoms with E-state index < -0.39 is 11.9 Å².